The van der Waals surface area contributed by atoms with Crippen molar-refractivity contribution in [3.8, 4) is 0 Å². The van der Waals surface area contributed by atoms with Crippen LogP contribution in [0, 0.1) is 0 Å². The zero-order valence-corrected chi connectivity index (χ0v) is 27.7. The minimum atomic E-state index is -2.00. The van der Waals surface area contributed by atoms with Crippen molar-refractivity contribution in [1.82, 2.24) is 0 Å². The SMILES string of the molecule is C=C[C@@H]1O[C@H](COCc2ccccc2)[C@@H](OCc2ccccc2)C/C=C\C[C@H]1O[C@H](/C=C/CO)CO[Si](C)(C)C(C)(C)C. The zero-order chi connectivity index (χ0) is 31.1. The van der Waals surface area contributed by atoms with Crippen molar-refractivity contribution >= 4 is 8.32 Å². The first-order valence-corrected chi connectivity index (χ1v) is 18.3. The van der Waals surface area contributed by atoms with Crippen LogP contribution in [-0.4, -0.2) is 63.8 Å². The Balaban J connectivity index is 1.77. The van der Waals surface area contributed by atoms with E-state index < -0.39 is 14.4 Å². The first kappa shape index (κ1) is 35.1. The maximum atomic E-state index is 9.50. The molecule has 5 atom stereocenters. The zero-order valence-electron chi connectivity index (χ0n) is 26.7. The van der Waals surface area contributed by atoms with Crippen LogP contribution in [0.1, 0.15) is 44.7 Å². The summed E-state index contributed by atoms with van der Waals surface area (Å²) in [7, 11) is -2.00. The molecule has 3 rings (SSSR count). The van der Waals surface area contributed by atoms with Gasteiger partial charge in [0.2, 0.25) is 0 Å². The predicted molar refractivity (Wildman–Crippen MR) is 176 cm³/mol. The van der Waals surface area contributed by atoms with Gasteiger partial charge >= 0.3 is 0 Å². The molecule has 1 aliphatic heterocycles. The normalized spacial score (nSPS) is 23.3. The average molecular weight is 609 g/mol. The third-order valence-corrected chi connectivity index (χ3v) is 12.7. The Bertz CT molecular complexity index is 1110. The van der Waals surface area contributed by atoms with E-state index >= 15 is 0 Å². The van der Waals surface area contributed by atoms with E-state index in [1.54, 1.807) is 6.08 Å². The molecule has 0 saturated heterocycles. The molecule has 6 nitrogen and oxygen atoms in total. The molecule has 0 spiro atoms. The lowest BCUT2D eigenvalue weighted by Crippen LogP contribution is -2.45. The molecule has 0 aliphatic carbocycles. The summed E-state index contributed by atoms with van der Waals surface area (Å²) in [6, 6.07) is 20.3. The molecular weight excluding hydrogens is 556 g/mol. The first-order chi connectivity index (χ1) is 20.6. The van der Waals surface area contributed by atoms with Gasteiger partial charge in [-0.3, -0.25) is 0 Å². The van der Waals surface area contributed by atoms with Gasteiger partial charge in [0.1, 0.15) is 12.2 Å². The van der Waals surface area contributed by atoms with Gasteiger partial charge in [-0.25, -0.2) is 0 Å². The molecule has 0 bridgehead atoms. The second-order valence-corrected chi connectivity index (χ2v) is 17.4. The molecule has 7 heteroatoms. The van der Waals surface area contributed by atoms with E-state index in [1.807, 2.05) is 48.6 Å². The van der Waals surface area contributed by atoms with Crippen LogP contribution >= 0.6 is 0 Å². The van der Waals surface area contributed by atoms with Crippen LogP contribution < -0.4 is 0 Å². The summed E-state index contributed by atoms with van der Waals surface area (Å²) in [6.45, 7) is 16.9. The van der Waals surface area contributed by atoms with E-state index in [1.165, 1.54) is 0 Å². The smallest absolute Gasteiger partial charge is 0.192 e. The highest BCUT2D eigenvalue weighted by molar-refractivity contribution is 6.74. The van der Waals surface area contributed by atoms with E-state index in [-0.39, 0.29) is 36.1 Å². The molecule has 0 radical (unpaired) electrons. The third kappa shape index (κ3) is 11.9. The Morgan fingerprint density at radius 1 is 0.953 bits per heavy atom. The van der Waals surface area contributed by atoms with Crippen molar-refractivity contribution in [3.63, 3.8) is 0 Å². The van der Waals surface area contributed by atoms with E-state index in [4.69, 9.17) is 23.4 Å². The van der Waals surface area contributed by atoms with Crippen LogP contribution in [0.4, 0.5) is 0 Å². The fourth-order valence-corrected chi connectivity index (χ4v) is 5.53. The van der Waals surface area contributed by atoms with Crippen LogP contribution in [0.25, 0.3) is 0 Å². The van der Waals surface area contributed by atoms with Gasteiger partial charge in [-0.05, 0) is 42.1 Å². The molecule has 0 amide bonds. The van der Waals surface area contributed by atoms with Gasteiger partial charge in [-0.1, -0.05) is 112 Å². The van der Waals surface area contributed by atoms with Gasteiger partial charge in [0.25, 0.3) is 0 Å². The topological polar surface area (TPSA) is 66.4 Å². The van der Waals surface area contributed by atoms with Crippen molar-refractivity contribution in [2.24, 2.45) is 0 Å². The van der Waals surface area contributed by atoms with E-state index in [0.29, 0.717) is 39.3 Å². The minimum absolute atomic E-state index is 0.0623. The third-order valence-electron chi connectivity index (χ3n) is 8.17. The molecule has 43 heavy (non-hydrogen) atoms. The van der Waals surface area contributed by atoms with E-state index in [2.05, 4.69) is 76.9 Å². The maximum absolute atomic E-state index is 9.50. The van der Waals surface area contributed by atoms with E-state index in [9.17, 15) is 5.11 Å². The lowest BCUT2D eigenvalue weighted by molar-refractivity contribution is -0.156. The van der Waals surface area contributed by atoms with Crippen molar-refractivity contribution in [1.29, 1.82) is 0 Å². The van der Waals surface area contributed by atoms with Crippen molar-refractivity contribution in [3.05, 3.63) is 109 Å². The van der Waals surface area contributed by atoms with Gasteiger partial charge in [-0.2, -0.15) is 0 Å². The molecule has 1 heterocycles. The van der Waals surface area contributed by atoms with Gasteiger partial charge in [0.05, 0.1) is 51.3 Å². The Hall–Kier alpha value is -2.36. The summed E-state index contributed by atoms with van der Waals surface area (Å²) in [4.78, 5) is 0. The highest BCUT2D eigenvalue weighted by Gasteiger charge is 2.38. The summed E-state index contributed by atoms with van der Waals surface area (Å²) < 4.78 is 32.5. The molecule has 0 saturated carbocycles. The Morgan fingerprint density at radius 3 is 2.14 bits per heavy atom. The average Bonchev–Trinajstić information content (AvgIpc) is 3.07. The number of rotatable bonds is 15. The Kier molecular flexibility index (Phi) is 14.5. The summed E-state index contributed by atoms with van der Waals surface area (Å²) in [5.41, 5.74) is 2.21. The number of aliphatic hydroxyl groups excluding tert-OH is 1. The molecule has 236 valence electrons. The van der Waals surface area contributed by atoms with E-state index in [0.717, 1.165) is 11.1 Å². The van der Waals surface area contributed by atoms with Gasteiger partial charge in [0.15, 0.2) is 8.32 Å². The molecule has 1 aliphatic rings. The number of hydrogen-bond acceptors (Lipinski definition) is 6. The fourth-order valence-electron chi connectivity index (χ4n) is 4.51. The molecule has 1 N–H and O–H groups in total. The lowest BCUT2D eigenvalue weighted by atomic mass is 10.1. The molecule has 0 fully saturated rings. The highest BCUT2D eigenvalue weighted by atomic mass is 28.4. The van der Waals surface area contributed by atoms with Crippen molar-refractivity contribution < 1.29 is 28.5 Å². The van der Waals surface area contributed by atoms with Crippen LogP contribution in [0.5, 0.6) is 0 Å². The van der Waals surface area contributed by atoms with Gasteiger partial charge in [0, 0.05) is 0 Å². The van der Waals surface area contributed by atoms with Crippen LogP contribution in [-0.2, 0) is 36.6 Å². The quantitative estimate of drug-likeness (QED) is 0.168. The molecule has 2 aromatic carbocycles. The number of hydrogen-bond donors (Lipinski definition) is 1. The van der Waals surface area contributed by atoms with Crippen LogP contribution in [0.15, 0.2) is 97.6 Å². The number of aliphatic hydroxyl groups is 1. The van der Waals surface area contributed by atoms with Crippen LogP contribution in [0.3, 0.4) is 0 Å². The van der Waals surface area contributed by atoms with Crippen molar-refractivity contribution in [2.45, 2.75) is 95.5 Å². The summed E-state index contributed by atoms with van der Waals surface area (Å²) in [5.74, 6) is 0. The molecule has 0 aromatic heterocycles. The van der Waals surface area contributed by atoms with Gasteiger partial charge in [-0.15, -0.1) is 6.58 Å². The Labute approximate surface area is 260 Å². The fraction of sp³-hybridized carbons (Fsp3) is 0.500. The first-order valence-electron chi connectivity index (χ1n) is 15.4. The second kappa shape index (κ2) is 17.8. The predicted octanol–water partition coefficient (Wildman–Crippen LogP) is 7.40. The Morgan fingerprint density at radius 2 is 1.56 bits per heavy atom. The standard InChI is InChI=1S/C36H52O6Si/c1-7-32-34(41-31(21-16-24-37)27-40-43(5,6)36(2,3)4)23-15-14-22-33(39-26-30-19-12-9-13-20-30)35(42-32)28-38-25-29-17-10-8-11-18-29/h7-21,31-35,37H,1,22-28H2,2-6H3/b15-14-,21-16+/t31-,32+,33+,34-,35-/m1/s1. The van der Waals surface area contributed by atoms with Gasteiger partial charge < -0.3 is 28.5 Å². The second-order valence-electron chi connectivity index (χ2n) is 12.5. The number of benzene rings is 2. The molecular formula is C36H52O6Si. The highest BCUT2D eigenvalue weighted by Crippen LogP contribution is 2.36. The lowest BCUT2D eigenvalue weighted by Gasteiger charge is -2.38. The minimum Gasteiger partial charge on any atom is -0.414 e. The maximum Gasteiger partial charge on any atom is 0.192 e. The monoisotopic (exact) mass is 608 g/mol. The summed E-state index contributed by atoms with van der Waals surface area (Å²) in [6.07, 6.45) is 9.39. The molecule has 0 unspecified atom stereocenters. The largest absolute Gasteiger partial charge is 0.414 e. The van der Waals surface area contributed by atoms with Crippen molar-refractivity contribution in [2.75, 3.05) is 19.8 Å². The number of ether oxygens (including phenoxy) is 4. The summed E-state index contributed by atoms with van der Waals surface area (Å²) in [5, 5.41) is 9.58. The summed E-state index contributed by atoms with van der Waals surface area (Å²) >= 11 is 0. The van der Waals surface area contributed by atoms with Crippen LogP contribution in [0.2, 0.25) is 18.1 Å². The molecule has 2 aromatic rings.